The summed E-state index contributed by atoms with van der Waals surface area (Å²) in [6.07, 6.45) is 37.9. The fraction of sp³-hybridized carbons (Fsp3) is 0.889. The molecular weight excluding hydrogens is 496 g/mol. The molecule has 0 saturated heterocycles. The van der Waals surface area contributed by atoms with Crippen molar-refractivity contribution in [3.8, 4) is 0 Å². The molecule has 0 amide bonds. The third-order valence-corrected chi connectivity index (χ3v) is 7.99. The van der Waals surface area contributed by atoms with Crippen molar-refractivity contribution >= 4 is 11.9 Å². The van der Waals surface area contributed by atoms with E-state index in [9.17, 15) is 9.59 Å². The van der Waals surface area contributed by atoms with Gasteiger partial charge in [-0.2, -0.15) is 0 Å². The Hall–Kier alpha value is -1.32. The number of carbonyl (C=O) groups excluding carboxylic acids is 1. The lowest BCUT2D eigenvalue weighted by molar-refractivity contribution is -0.150. The molecule has 0 radical (unpaired) electrons. The zero-order valence-electron chi connectivity index (χ0n) is 26.9. The number of carboxylic acid groups (broad SMARTS) is 1. The standard InChI is InChI=1S/C36H68O4/c1-3-5-7-9-11-12-13-14-15-16-17-18-20-25-29-33-36(39)40-34(30-26-22-19-10-8-6-4-2)31-27-23-21-24-28-32-35(37)38/h14-15,34H,3-13,16-33H2,1-2H3,(H,37,38)/b15-14+. The number of hydrogen-bond donors (Lipinski definition) is 1. The molecule has 0 saturated carbocycles. The van der Waals surface area contributed by atoms with E-state index in [1.54, 1.807) is 0 Å². The van der Waals surface area contributed by atoms with Crippen molar-refractivity contribution in [3.05, 3.63) is 12.2 Å². The topological polar surface area (TPSA) is 63.6 Å². The molecule has 236 valence electrons. The summed E-state index contributed by atoms with van der Waals surface area (Å²) in [4.78, 5) is 23.2. The number of carbonyl (C=O) groups is 2. The molecule has 1 atom stereocenters. The summed E-state index contributed by atoms with van der Waals surface area (Å²) in [5.74, 6) is -0.708. The Balaban J connectivity index is 3.95. The fourth-order valence-corrected chi connectivity index (χ4v) is 5.35. The highest BCUT2D eigenvalue weighted by molar-refractivity contribution is 5.69. The Kier molecular flexibility index (Phi) is 31.1. The van der Waals surface area contributed by atoms with Gasteiger partial charge >= 0.3 is 11.9 Å². The van der Waals surface area contributed by atoms with Crippen LogP contribution in [-0.2, 0) is 14.3 Å². The maximum absolute atomic E-state index is 12.5. The molecule has 4 nitrogen and oxygen atoms in total. The first kappa shape index (κ1) is 38.7. The lowest BCUT2D eigenvalue weighted by Crippen LogP contribution is -2.18. The molecule has 0 aliphatic carbocycles. The first-order chi connectivity index (χ1) is 19.6. The second kappa shape index (κ2) is 32.2. The van der Waals surface area contributed by atoms with Gasteiger partial charge in [0, 0.05) is 12.8 Å². The highest BCUT2D eigenvalue weighted by Gasteiger charge is 2.14. The summed E-state index contributed by atoms with van der Waals surface area (Å²) < 4.78 is 5.95. The third kappa shape index (κ3) is 31.2. The second-order valence-electron chi connectivity index (χ2n) is 12.1. The SMILES string of the molecule is CCCCCCCC/C=C/CCCCCCCC(=O)OC(CCCCCCCCC)CCCCCCCC(=O)O. The summed E-state index contributed by atoms with van der Waals surface area (Å²) in [5, 5.41) is 8.77. The Morgan fingerprint density at radius 1 is 0.525 bits per heavy atom. The van der Waals surface area contributed by atoms with E-state index >= 15 is 0 Å². The lowest BCUT2D eigenvalue weighted by Gasteiger charge is -2.18. The van der Waals surface area contributed by atoms with E-state index in [2.05, 4.69) is 26.0 Å². The molecule has 4 heteroatoms. The van der Waals surface area contributed by atoms with E-state index in [0.717, 1.165) is 64.2 Å². The largest absolute Gasteiger partial charge is 0.481 e. The number of allylic oxidation sites excluding steroid dienone is 2. The molecule has 0 aliphatic heterocycles. The monoisotopic (exact) mass is 565 g/mol. The number of ether oxygens (including phenoxy) is 1. The van der Waals surface area contributed by atoms with Gasteiger partial charge in [-0.15, -0.1) is 0 Å². The molecule has 0 aliphatic rings. The molecule has 0 aromatic carbocycles. The summed E-state index contributed by atoms with van der Waals surface area (Å²) in [7, 11) is 0. The summed E-state index contributed by atoms with van der Waals surface area (Å²) in [6, 6.07) is 0. The van der Waals surface area contributed by atoms with Gasteiger partial charge in [0.25, 0.3) is 0 Å². The summed E-state index contributed by atoms with van der Waals surface area (Å²) >= 11 is 0. The highest BCUT2D eigenvalue weighted by atomic mass is 16.5. The van der Waals surface area contributed by atoms with Crippen LogP contribution in [0.1, 0.15) is 200 Å². The number of hydrogen-bond acceptors (Lipinski definition) is 3. The Morgan fingerprint density at radius 3 is 1.35 bits per heavy atom. The first-order valence-electron chi connectivity index (χ1n) is 17.7. The minimum Gasteiger partial charge on any atom is -0.481 e. The van der Waals surface area contributed by atoms with Crippen LogP contribution in [0.2, 0.25) is 0 Å². The maximum atomic E-state index is 12.5. The molecule has 0 fully saturated rings. The molecule has 0 aromatic heterocycles. The predicted molar refractivity (Wildman–Crippen MR) is 172 cm³/mol. The fourth-order valence-electron chi connectivity index (χ4n) is 5.35. The molecule has 0 heterocycles. The van der Waals surface area contributed by atoms with Crippen LogP contribution in [0.15, 0.2) is 12.2 Å². The van der Waals surface area contributed by atoms with Gasteiger partial charge in [0.05, 0.1) is 0 Å². The van der Waals surface area contributed by atoms with Crippen molar-refractivity contribution in [1.82, 2.24) is 0 Å². The Bertz CT molecular complexity index is 571. The van der Waals surface area contributed by atoms with Gasteiger partial charge in [-0.1, -0.05) is 135 Å². The van der Waals surface area contributed by atoms with Crippen LogP contribution in [0.4, 0.5) is 0 Å². The zero-order chi connectivity index (χ0) is 29.4. The first-order valence-corrected chi connectivity index (χ1v) is 17.7. The van der Waals surface area contributed by atoms with Crippen molar-refractivity contribution in [2.24, 2.45) is 0 Å². The van der Waals surface area contributed by atoms with Crippen LogP contribution in [0, 0.1) is 0 Å². The quantitative estimate of drug-likeness (QED) is 0.0501. The highest BCUT2D eigenvalue weighted by Crippen LogP contribution is 2.18. The van der Waals surface area contributed by atoms with Crippen molar-refractivity contribution in [2.45, 2.75) is 206 Å². The van der Waals surface area contributed by atoms with E-state index < -0.39 is 5.97 Å². The molecule has 40 heavy (non-hydrogen) atoms. The van der Waals surface area contributed by atoms with E-state index in [1.807, 2.05) is 0 Å². The maximum Gasteiger partial charge on any atom is 0.306 e. The van der Waals surface area contributed by atoms with Gasteiger partial charge in [-0.3, -0.25) is 9.59 Å². The number of carboxylic acids is 1. The number of unbranched alkanes of at least 4 members (excludes halogenated alkanes) is 21. The molecule has 0 spiro atoms. The molecule has 0 rings (SSSR count). The minimum absolute atomic E-state index is 0.00738. The third-order valence-electron chi connectivity index (χ3n) is 7.99. The van der Waals surface area contributed by atoms with Crippen LogP contribution in [0.5, 0.6) is 0 Å². The van der Waals surface area contributed by atoms with Crippen molar-refractivity contribution < 1.29 is 19.4 Å². The molecular formula is C36H68O4. The van der Waals surface area contributed by atoms with Gasteiger partial charge in [0.1, 0.15) is 6.10 Å². The van der Waals surface area contributed by atoms with Crippen molar-refractivity contribution in [1.29, 1.82) is 0 Å². The van der Waals surface area contributed by atoms with Crippen LogP contribution >= 0.6 is 0 Å². The summed E-state index contributed by atoms with van der Waals surface area (Å²) in [5.41, 5.74) is 0. The van der Waals surface area contributed by atoms with Gasteiger partial charge in [-0.25, -0.2) is 0 Å². The number of esters is 1. The Morgan fingerprint density at radius 2 is 0.900 bits per heavy atom. The molecule has 1 N–H and O–H groups in total. The van der Waals surface area contributed by atoms with Crippen LogP contribution in [0.25, 0.3) is 0 Å². The van der Waals surface area contributed by atoms with Crippen LogP contribution in [-0.4, -0.2) is 23.1 Å². The van der Waals surface area contributed by atoms with E-state index in [4.69, 9.17) is 9.84 Å². The van der Waals surface area contributed by atoms with Crippen molar-refractivity contribution in [2.75, 3.05) is 0 Å². The van der Waals surface area contributed by atoms with Crippen LogP contribution < -0.4 is 0 Å². The van der Waals surface area contributed by atoms with Gasteiger partial charge in [-0.05, 0) is 64.2 Å². The van der Waals surface area contributed by atoms with E-state index in [1.165, 1.54) is 109 Å². The molecule has 0 bridgehead atoms. The van der Waals surface area contributed by atoms with E-state index in [-0.39, 0.29) is 18.5 Å². The Labute approximate surface area is 249 Å². The van der Waals surface area contributed by atoms with Crippen LogP contribution in [0.3, 0.4) is 0 Å². The van der Waals surface area contributed by atoms with Gasteiger partial charge < -0.3 is 9.84 Å². The summed E-state index contributed by atoms with van der Waals surface area (Å²) in [6.45, 7) is 4.52. The normalized spacial score (nSPS) is 12.2. The predicted octanol–water partition coefficient (Wildman–Crippen LogP) is 11.9. The number of rotatable bonds is 32. The lowest BCUT2D eigenvalue weighted by atomic mass is 10.0. The van der Waals surface area contributed by atoms with Gasteiger partial charge in [0.15, 0.2) is 0 Å². The number of aliphatic carboxylic acids is 1. The average Bonchev–Trinajstić information content (AvgIpc) is 2.93. The second-order valence-corrected chi connectivity index (χ2v) is 12.1. The zero-order valence-corrected chi connectivity index (χ0v) is 26.9. The van der Waals surface area contributed by atoms with Crippen molar-refractivity contribution in [3.63, 3.8) is 0 Å². The minimum atomic E-state index is -0.701. The molecule has 1 unspecified atom stereocenters. The molecule has 0 aromatic rings. The smallest absolute Gasteiger partial charge is 0.306 e. The average molecular weight is 565 g/mol. The van der Waals surface area contributed by atoms with E-state index in [0.29, 0.717) is 6.42 Å². The van der Waals surface area contributed by atoms with Gasteiger partial charge in [0.2, 0.25) is 0 Å².